The summed E-state index contributed by atoms with van der Waals surface area (Å²) in [4.78, 5) is 1.44. The van der Waals surface area contributed by atoms with Crippen molar-refractivity contribution in [1.29, 1.82) is 0 Å². The summed E-state index contributed by atoms with van der Waals surface area (Å²) < 4.78 is 42.9. The lowest BCUT2D eigenvalue weighted by Gasteiger charge is -2.35. The van der Waals surface area contributed by atoms with E-state index in [9.17, 15) is 13.2 Å². The Kier molecular flexibility index (Phi) is 8.61. The van der Waals surface area contributed by atoms with Gasteiger partial charge in [-0.25, -0.2) is 0 Å². The fraction of sp³-hybridized carbons (Fsp3) is 1.00. The molecule has 0 aromatic heterocycles. The topological polar surface area (TPSA) is 24.5 Å². The number of hydrogen-bond donors (Lipinski definition) is 1. The van der Waals surface area contributed by atoms with Gasteiger partial charge in [-0.05, 0) is 26.3 Å². The molecule has 1 atom stereocenters. The van der Waals surface area contributed by atoms with Gasteiger partial charge in [-0.15, -0.1) is 0 Å². The molecule has 0 aliphatic rings. The molecule has 0 bridgehead atoms. The Balaban J connectivity index is 4.57. The zero-order valence-corrected chi connectivity index (χ0v) is 12.5. The van der Waals surface area contributed by atoms with Crippen molar-refractivity contribution in [3.05, 3.63) is 0 Å². The van der Waals surface area contributed by atoms with Gasteiger partial charge in [0.05, 0.1) is 13.2 Å². The molecule has 0 aromatic carbocycles. The Labute approximate surface area is 114 Å². The molecule has 0 heterocycles. The molecule has 19 heavy (non-hydrogen) atoms. The number of nitrogens with one attached hydrogen (secondary N) is 1. The first kappa shape index (κ1) is 18.7. The average molecular weight is 284 g/mol. The number of hydrogen-bond acceptors (Lipinski definition) is 3. The van der Waals surface area contributed by atoms with E-state index >= 15 is 0 Å². The van der Waals surface area contributed by atoms with E-state index in [2.05, 4.69) is 19.2 Å². The molecular weight excluding hydrogens is 257 g/mol. The van der Waals surface area contributed by atoms with Crippen molar-refractivity contribution in [2.45, 2.75) is 46.0 Å². The van der Waals surface area contributed by atoms with Crippen LogP contribution < -0.4 is 5.32 Å². The first-order valence-electron chi connectivity index (χ1n) is 6.69. The monoisotopic (exact) mass is 284 g/mol. The minimum absolute atomic E-state index is 0.178. The van der Waals surface area contributed by atoms with Gasteiger partial charge in [0.15, 0.2) is 0 Å². The van der Waals surface area contributed by atoms with E-state index in [0.717, 1.165) is 6.54 Å². The maximum atomic E-state index is 12.6. The Morgan fingerprint density at radius 1 is 1.11 bits per heavy atom. The van der Waals surface area contributed by atoms with Gasteiger partial charge in [0, 0.05) is 25.7 Å². The Bertz CT molecular complexity index is 232. The van der Waals surface area contributed by atoms with Crippen molar-refractivity contribution < 1.29 is 17.9 Å². The quantitative estimate of drug-likeness (QED) is 0.704. The molecule has 0 saturated carbocycles. The van der Waals surface area contributed by atoms with Gasteiger partial charge in [0.25, 0.3) is 0 Å². The second-order valence-electron chi connectivity index (χ2n) is 5.54. The van der Waals surface area contributed by atoms with Crippen LogP contribution in [0.25, 0.3) is 0 Å². The third-order valence-corrected chi connectivity index (χ3v) is 2.79. The van der Waals surface area contributed by atoms with Gasteiger partial charge < -0.3 is 10.1 Å². The van der Waals surface area contributed by atoms with Crippen LogP contribution in [0, 0.1) is 5.92 Å². The fourth-order valence-electron chi connectivity index (χ4n) is 1.94. The van der Waals surface area contributed by atoms with Crippen LogP contribution in [-0.2, 0) is 4.74 Å². The number of alkyl halides is 3. The van der Waals surface area contributed by atoms with E-state index in [1.807, 2.05) is 0 Å². The highest BCUT2D eigenvalue weighted by molar-refractivity contribution is 4.79. The third-order valence-electron chi connectivity index (χ3n) is 2.79. The van der Waals surface area contributed by atoms with Crippen LogP contribution in [0.5, 0.6) is 0 Å². The summed E-state index contributed by atoms with van der Waals surface area (Å²) in [6, 6.07) is -0.451. The van der Waals surface area contributed by atoms with Crippen LogP contribution in [0.4, 0.5) is 13.2 Å². The third kappa shape index (κ3) is 9.24. The van der Waals surface area contributed by atoms with Gasteiger partial charge in [-0.1, -0.05) is 13.8 Å². The Morgan fingerprint density at radius 2 is 1.68 bits per heavy atom. The molecule has 0 saturated heterocycles. The molecule has 0 fully saturated rings. The molecule has 0 radical (unpaired) electrons. The van der Waals surface area contributed by atoms with Crippen molar-refractivity contribution in [2.24, 2.45) is 5.92 Å². The van der Waals surface area contributed by atoms with Crippen molar-refractivity contribution >= 4 is 0 Å². The summed E-state index contributed by atoms with van der Waals surface area (Å²) in [6.45, 7) is 8.36. The molecule has 0 aromatic rings. The van der Waals surface area contributed by atoms with Crippen LogP contribution in [0.15, 0.2) is 0 Å². The summed E-state index contributed by atoms with van der Waals surface area (Å²) >= 11 is 0. The number of rotatable bonds is 9. The van der Waals surface area contributed by atoms with Crippen LogP contribution >= 0.6 is 0 Å². The lowest BCUT2D eigenvalue weighted by molar-refractivity contribution is -0.157. The van der Waals surface area contributed by atoms with E-state index < -0.39 is 12.7 Å². The SMILES string of the molecule is COCC(CNCC(C)C)N(CC(F)(F)F)C(C)C. The van der Waals surface area contributed by atoms with Crippen LogP contribution in [0.1, 0.15) is 27.7 Å². The van der Waals surface area contributed by atoms with Gasteiger partial charge in [-0.2, -0.15) is 13.2 Å². The predicted molar refractivity (Wildman–Crippen MR) is 71.3 cm³/mol. The normalized spacial score (nSPS) is 14.7. The van der Waals surface area contributed by atoms with Crippen molar-refractivity contribution in [1.82, 2.24) is 10.2 Å². The second kappa shape index (κ2) is 8.76. The van der Waals surface area contributed by atoms with Crippen molar-refractivity contribution in [3.8, 4) is 0 Å². The first-order chi connectivity index (χ1) is 8.67. The van der Waals surface area contributed by atoms with Gasteiger partial charge in [-0.3, -0.25) is 4.90 Å². The number of ether oxygens (including phenoxy) is 1. The highest BCUT2D eigenvalue weighted by Crippen LogP contribution is 2.20. The Morgan fingerprint density at radius 3 is 2.05 bits per heavy atom. The predicted octanol–water partition coefficient (Wildman–Crippen LogP) is 2.52. The molecule has 1 unspecified atom stereocenters. The van der Waals surface area contributed by atoms with Crippen LogP contribution in [0.2, 0.25) is 0 Å². The second-order valence-corrected chi connectivity index (χ2v) is 5.54. The number of halogens is 3. The molecule has 116 valence electrons. The van der Waals surface area contributed by atoms with Crippen LogP contribution in [0.3, 0.4) is 0 Å². The van der Waals surface area contributed by atoms with Crippen molar-refractivity contribution in [2.75, 3.05) is 33.4 Å². The molecule has 1 N–H and O–H groups in total. The highest BCUT2D eigenvalue weighted by atomic mass is 19.4. The summed E-state index contributed by atoms with van der Waals surface area (Å²) in [5, 5.41) is 3.20. The average Bonchev–Trinajstić information content (AvgIpc) is 2.23. The number of methoxy groups -OCH3 is 1. The van der Waals surface area contributed by atoms with E-state index in [1.165, 1.54) is 12.0 Å². The fourth-order valence-corrected chi connectivity index (χ4v) is 1.94. The summed E-state index contributed by atoms with van der Waals surface area (Å²) in [5.41, 5.74) is 0. The largest absolute Gasteiger partial charge is 0.401 e. The maximum Gasteiger partial charge on any atom is 0.401 e. The van der Waals surface area contributed by atoms with Gasteiger partial charge in [0.2, 0.25) is 0 Å². The van der Waals surface area contributed by atoms with Gasteiger partial charge in [0.1, 0.15) is 0 Å². The molecule has 0 aliphatic carbocycles. The van der Waals surface area contributed by atoms with Gasteiger partial charge >= 0.3 is 6.18 Å². The summed E-state index contributed by atoms with van der Waals surface area (Å²) in [6.07, 6.45) is -4.19. The minimum Gasteiger partial charge on any atom is -0.383 e. The molecular formula is C13H27F3N2O. The lowest BCUT2D eigenvalue weighted by Crippen LogP contribution is -2.52. The molecule has 3 nitrogen and oxygen atoms in total. The minimum atomic E-state index is -4.19. The van der Waals surface area contributed by atoms with E-state index in [-0.39, 0.29) is 12.1 Å². The summed E-state index contributed by atoms with van der Waals surface area (Å²) in [7, 11) is 1.52. The summed E-state index contributed by atoms with van der Waals surface area (Å²) in [5.74, 6) is 0.471. The maximum absolute atomic E-state index is 12.6. The zero-order chi connectivity index (χ0) is 15.1. The highest BCUT2D eigenvalue weighted by Gasteiger charge is 2.35. The molecule has 0 rings (SSSR count). The zero-order valence-electron chi connectivity index (χ0n) is 12.5. The number of nitrogens with zero attached hydrogens (tertiary/aromatic N) is 1. The smallest absolute Gasteiger partial charge is 0.383 e. The van der Waals surface area contributed by atoms with Crippen molar-refractivity contribution in [3.63, 3.8) is 0 Å². The molecule has 0 aliphatic heterocycles. The Hall–Kier alpha value is -0.330. The van der Waals surface area contributed by atoms with E-state index in [1.54, 1.807) is 13.8 Å². The first-order valence-corrected chi connectivity index (χ1v) is 6.69. The van der Waals surface area contributed by atoms with Crippen LogP contribution in [-0.4, -0.2) is 56.5 Å². The lowest BCUT2D eigenvalue weighted by atomic mass is 10.1. The molecule has 0 amide bonds. The van der Waals surface area contributed by atoms with E-state index in [0.29, 0.717) is 19.1 Å². The van der Waals surface area contributed by atoms with E-state index in [4.69, 9.17) is 4.74 Å². The molecule has 6 heteroatoms. The standard InChI is InChI=1S/C13H27F3N2O/c1-10(2)6-17-7-12(8-19-5)18(11(3)4)9-13(14,15)16/h10-12,17H,6-9H2,1-5H3. The molecule has 0 spiro atoms.